The summed E-state index contributed by atoms with van der Waals surface area (Å²) in [5, 5.41) is 2.02. The molecule has 0 radical (unpaired) electrons. The second kappa shape index (κ2) is 6.77. The lowest BCUT2D eigenvalue weighted by atomic mass is 9.94. The number of hydrogen-bond donors (Lipinski definition) is 2. The summed E-state index contributed by atoms with van der Waals surface area (Å²) >= 11 is 0. The molecule has 3 aromatic rings. The molecule has 7 heteroatoms. The average Bonchev–Trinajstić information content (AvgIpc) is 3.24. The molecule has 1 aliphatic heterocycles. The van der Waals surface area contributed by atoms with Gasteiger partial charge in [-0.25, -0.2) is 8.42 Å². The van der Waals surface area contributed by atoms with Crippen LogP contribution in [0.1, 0.15) is 22.4 Å². The molecule has 0 unspecified atom stereocenters. The van der Waals surface area contributed by atoms with Crippen molar-refractivity contribution in [2.24, 2.45) is 5.73 Å². The van der Waals surface area contributed by atoms with Crippen LogP contribution in [-0.4, -0.2) is 25.9 Å². The molecular weight excluding hydrogens is 386 g/mol. The molecule has 2 aromatic carbocycles. The van der Waals surface area contributed by atoms with Gasteiger partial charge in [0, 0.05) is 23.0 Å². The largest absolute Gasteiger partial charge is 0.369 e. The quantitative estimate of drug-likeness (QED) is 0.677. The molecule has 0 fully saturated rings. The van der Waals surface area contributed by atoms with Crippen molar-refractivity contribution in [2.75, 3.05) is 10.8 Å². The third-order valence-electron chi connectivity index (χ3n) is 5.67. The maximum Gasteiger partial charge on any atom is 0.256 e. The third kappa shape index (κ3) is 3.11. The van der Waals surface area contributed by atoms with E-state index in [4.69, 9.17) is 5.73 Å². The first-order valence-corrected chi connectivity index (χ1v) is 10.9. The number of aromatic nitrogens is 1. The number of aromatic amines is 1. The van der Waals surface area contributed by atoms with Crippen molar-refractivity contribution in [3.8, 4) is 11.1 Å². The second-order valence-electron chi connectivity index (χ2n) is 7.42. The van der Waals surface area contributed by atoms with Crippen LogP contribution in [0, 0.1) is 13.8 Å². The van der Waals surface area contributed by atoms with Crippen molar-refractivity contribution in [3.63, 3.8) is 0 Å². The lowest BCUT2D eigenvalue weighted by molar-refractivity contribution is -0.117. The van der Waals surface area contributed by atoms with Gasteiger partial charge in [0.25, 0.3) is 10.0 Å². The molecule has 2 heterocycles. The number of carbonyl (C=O) groups excluding carboxylic acids is 1. The van der Waals surface area contributed by atoms with Gasteiger partial charge in [0.1, 0.15) is 0 Å². The fourth-order valence-corrected chi connectivity index (χ4v) is 5.06. The summed E-state index contributed by atoms with van der Waals surface area (Å²) in [7, 11) is -3.54. The standard InChI is InChI=1S/C22H23N3O3S/c1-4-29(27,28)25-10-9-15-5-6-16(11-19(15)25)18-8-7-17(12-20(23)26)22-21(18)13(2)14(3)24-22/h4-8,11,24H,1,9-10,12H2,2-3H3,(H2,23,26). The molecule has 0 saturated heterocycles. The van der Waals surface area contributed by atoms with Crippen LogP contribution in [0.4, 0.5) is 5.69 Å². The van der Waals surface area contributed by atoms with Crippen LogP contribution in [-0.2, 0) is 27.7 Å². The average molecular weight is 410 g/mol. The number of nitrogens with zero attached hydrogens (tertiary/aromatic N) is 1. The van der Waals surface area contributed by atoms with E-state index in [-0.39, 0.29) is 12.3 Å². The first-order valence-electron chi connectivity index (χ1n) is 9.40. The number of nitrogens with two attached hydrogens (primary N) is 1. The Kier molecular flexibility index (Phi) is 4.50. The van der Waals surface area contributed by atoms with E-state index in [1.807, 2.05) is 44.2 Å². The second-order valence-corrected chi connectivity index (χ2v) is 9.22. The van der Waals surface area contributed by atoms with Crippen LogP contribution in [0.2, 0.25) is 0 Å². The molecule has 0 bridgehead atoms. The van der Waals surface area contributed by atoms with E-state index < -0.39 is 10.0 Å². The van der Waals surface area contributed by atoms with Gasteiger partial charge in [-0.2, -0.15) is 0 Å². The summed E-state index contributed by atoms with van der Waals surface area (Å²) in [5.41, 5.74) is 12.9. The van der Waals surface area contributed by atoms with Crippen molar-refractivity contribution in [2.45, 2.75) is 26.7 Å². The highest BCUT2D eigenvalue weighted by Gasteiger charge is 2.28. The van der Waals surface area contributed by atoms with Crippen molar-refractivity contribution >= 4 is 32.5 Å². The molecule has 1 aromatic heterocycles. The van der Waals surface area contributed by atoms with E-state index in [1.165, 1.54) is 4.31 Å². The van der Waals surface area contributed by atoms with Gasteiger partial charge in [-0.15, -0.1) is 0 Å². The van der Waals surface area contributed by atoms with Crippen LogP contribution < -0.4 is 10.0 Å². The number of sulfonamides is 1. The molecule has 150 valence electrons. The molecule has 0 spiro atoms. The highest BCUT2D eigenvalue weighted by molar-refractivity contribution is 7.95. The molecule has 0 atom stereocenters. The van der Waals surface area contributed by atoms with Crippen molar-refractivity contribution in [3.05, 3.63) is 64.7 Å². The number of rotatable bonds is 5. The van der Waals surface area contributed by atoms with Crippen LogP contribution in [0.25, 0.3) is 22.0 Å². The predicted octanol–water partition coefficient (Wildman–Crippen LogP) is 3.32. The zero-order valence-electron chi connectivity index (χ0n) is 16.5. The lowest BCUT2D eigenvalue weighted by Crippen LogP contribution is -2.26. The van der Waals surface area contributed by atoms with Gasteiger partial charge >= 0.3 is 0 Å². The topological polar surface area (TPSA) is 96.3 Å². The summed E-state index contributed by atoms with van der Waals surface area (Å²) in [6.07, 6.45) is 0.837. The fourth-order valence-electron chi connectivity index (χ4n) is 4.09. The summed E-state index contributed by atoms with van der Waals surface area (Å²) in [6, 6.07) is 9.81. The SMILES string of the molecule is C=CS(=O)(=O)N1CCc2ccc(-c3ccc(CC(N)=O)c4[nH]c(C)c(C)c34)cc21. The number of benzene rings is 2. The monoisotopic (exact) mass is 409 g/mol. The zero-order chi connectivity index (χ0) is 20.9. The van der Waals surface area contributed by atoms with E-state index in [2.05, 4.69) is 11.6 Å². The maximum absolute atomic E-state index is 12.4. The molecular formula is C22H23N3O3S. The Labute approximate surface area is 170 Å². The number of nitrogens with one attached hydrogen (secondary N) is 1. The predicted molar refractivity (Wildman–Crippen MR) is 116 cm³/mol. The van der Waals surface area contributed by atoms with Crippen LogP contribution in [0.5, 0.6) is 0 Å². The molecule has 3 N–H and O–H groups in total. The van der Waals surface area contributed by atoms with Crippen LogP contribution in [0.3, 0.4) is 0 Å². The number of carbonyl (C=O) groups is 1. The minimum absolute atomic E-state index is 0.158. The molecule has 0 aliphatic carbocycles. The Hall–Kier alpha value is -3.06. The van der Waals surface area contributed by atoms with Gasteiger partial charge in [0.05, 0.1) is 17.6 Å². The molecule has 0 saturated carbocycles. The van der Waals surface area contributed by atoms with Gasteiger partial charge < -0.3 is 10.7 Å². The van der Waals surface area contributed by atoms with E-state index in [0.717, 1.165) is 49.8 Å². The van der Waals surface area contributed by atoms with Gasteiger partial charge in [-0.3, -0.25) is 9.10 Å². The Morgan fingerprint density at radius 2 is 2.03 bits per heavy atom. The zero-order valence-corrected chi connectivity index (χ0v) is 17.3. The minimum atomic E-state index is -3.54. The Balaban J connectivity index is 1.92. The summed E-state index contributed by atoms with van der Waals surface area (Å²) in [4.78, 5) is 14.9. The molecule has 4 rings (SSSR count). The first kappa shape index (κ1) is 19.3. The number of fused-ring (bicyclic) bond motifs is 2. The number of amides is 1. The Morgan fingerprint density at radius 3 is 2.72 bits per heavy atom. The lowest BCUT2D eigenvalue weighted by Gasteiger charge is -2.18. The summed E-state index contributed by atoms with van der Waals surface area (Å²) in [5.74, 6) is -0.383. The number of aryl methyl sites for hydroxylation is 2. The maximum atomic E-state index is 12.4. The number of anilines is 1. The van der Waals surface area contributed by atoms with E-state index in [9.17, 15) is 13.2 Å². The highest BCUT2D eigenvalue weighted by atomic mass is 32.2. The molecule has 1 amide bonds. The Bertz CT molecular complexity index is 1270. The Morgan fingerprint density at radius 1 is 1.28 bits per heavy atom. The first-order chi connectivity index (χ1) is 13.7. The van der Waals surface area contributed by atoms with Gasteiger partial charge in [-0.1, -0.05) is 30.8 Å². The third-order valence-corrected chi connectivity index (χ3v) is 7.09. The van der Waals surface area contributed by atoms with E-state index in [0.29, 0.717) is 18.7 Å². The van der Waals surface area contributed by atoms with Gasteiger partial charge in [-0.05, 0) is 54.2 Å². The van der Waals surface area contributed by atoms with Crippen molar-refractivity contribution in [1.82, 2.24) is 4.98 Å². The number of primary amides is 1. The fraction of sp³-hybridized carbons (Fsp3) is 0.227. The molecule has 29 heavy (non-hydrogen) atoms. The van der Waals surface area contributed by atoms with Gasteiger partial charge in [0.15, 0.2) is 0 Å². The number of H-pyrrole nitrogens is 1. The van der Waals surface area contributed by atoms with Crippen molar-refractivity contribution < 1.29 is 13.2 Å². The minimum Gasteiger partial charge on any atom is -0.369 e. The molecule has 1 aliphatic rings. The van der Waals surface area contributed by atoms with Crippen LogP contribution >= 0.6 is 0 Å². The summed E-state index contributed by atoms with van der Waals surface area (Å²) < 4.78 is 26.2. The normalized spacial score (nSPS) is 13.7. The van der Waals surface area contributed by atoms with Crippen LogP contribution in [0.15, 0.2) is 42.3 Å². The van der Waals surface area contributed by atoms with Crippen molar-refractivity contribution in [1.29, 1.82) is 0 Å². The van der Waals surface area contributed by atoms with E-state index in [1.54, 1.807) is 0 Å². The number of hydrogen-bond acceptors (Lipinski definition) is 3. The van der Waals surface area contributed by atoms with E-state index >= 15 is 0 Å². The summed E-state index contributed by atoms with van der Waals surface area (Å²) in [6.45, 7) is 7.90. The molecule has 6 nitrogen and oxygen atoms in total. The van der Waals surface area contributed by atoms with Gasteiger partial charge in [0.2, 0.25) is 5.91 Å². The highest BCUT2D eigenvalue weighted by Crippen LogP contribution is 2.39. The smallest absolute Gasteiger partial charge is 0.256 e.